The summed E-state index contributed by atoms with van der Waals surface area (Å²) in [6, 6.07) is 9.59. The lowest BCUT2D eigenvalue weighted by atomic mass is 10.0. The van der Waals surface area contributed by atoms with Gasteiger partial charge in [-0.05, 0) is 54.8 Å². The van der Waals surface area contributed by atoms with E-state index in [0.717, 1.165) is 31.5 Å². The highest BCUT2D eigenvalue weighted by Gasteiger charge is 2.35. The van der Waals surface area contributed by atoms with Crippen LogP contribution in [0.25, 0.3) is 0 Å². The van der Waals surface area contributed by atoms with E-state index < -0.39 is 17.8 Å². The lowest BCUT2D eigenvalue weighted by Crippen LogP contribution is -2.46. The number of hydrazone groups is 1. The highest BCUT2D eigenvalue weighted by Crippen LogP contribution is 2.25. The van der Waals surface area contributed by atoms with Gasteiger partial charge in [0.2, 0.25) is 5.91 Å². The van der Waals surface area contributed by atoms with Crippen LogP contribution in [0, 0.1) is 11.6 Å². The normalized spacial score (nSPS) is 19.1. The average Bonchev–Trinajstić information content (AvgIpc) is 3.27. The number of anilines is 1. The molecule has 2 aliphatic heterocycles. The number of nitrogens with zero attached hydrogens (tertiary/aromatic N) is 3. The maximum absolute atomic E-state index is 13.9. The van der Waals surface area contributed by atoms with E-state index in [4.69, 9.17) is 10.5 Å². The molecule has 180 valence electrons. The minimum atomic E-state index is -0.807. The second kappa shape index (κ2) is 10.2. The standard InChI is InChI=1S/C24H27F2N5O3/c1-34-22-7-2-15(12-19(22)26)14-30-10-8-17(9-11-30)28-24(33)20-13-21(23(27)32)31(29-20)18-5-3-16(25)4-6-18/h2-7,12,17,21H,8-11,13-14H2,1H3,(H2,27,32)(H,28,33). The van der Waals surface area contributed by atoms with E-state index in [2.05, 4.69) is 15.3 Å². The smallest absolute Gasteiger partial charge is 0.267 e. The first-order chi connectivity index (χ1) is 16.3. The molecule has 0 spiro atoms. The molecular weight excluding hydrogens is 444 g/mol. The maximum Gasteiger partial charge on any atom is 0.267 e. The van der Waals surface area contributed by atoms with Gasteiger partial charge in [-0.15, -0.1) is 0 Å². The summed E-state index contributed by atoms with van der Waals surface area (Å²) in [6.07, 6.45) is 1.55. The molecule has 2 aromatic carbocycles. The maximum atomic E-state index is 13.9. The zero-order valence-corrected chi connectivity index (χ0v) is 18.8. The van der Waals surface area contributed by atoms with E-state index in [1.807, 2.05) is 6.07 Å². The van der Waals surface area contributed by atoms with Gasteiger partial charge < -0.3 is 15.8 Å². The second-order valence-electron chi connectivity index (χ2n) is 8.48. The second-order valence-corrected chi connectivity index (χ2v) is 8.48. The Hall–Kier alpha value is -3.53. The Kier molecular flexibility index (Phi) is 7.06. The molecule has 1 saturated heterocycles. The fourth-order valence-electron chi connectivity index (χ4n) is 4.27. The lowest BCUT2D eigenvalue weighted by molar-refractivity contribution is -0.119. The molecule has 0 radical (unpaired) electrons. The number of piperidine rings is 1. The fourth-order valence-corrected chi connectivity index (χ4v) is 4.27. The third-order valence-electron chi connectivity index (χ3n) is 6.14. The number of primary amides is 1. The summed E-state index contributed by atoms with van der Waals surface area (Å²) in [6.45, 7) is 2.11. The van der Waals surface area contributed by atoms with Crippen molar-refractivity contribution in [3.63, 3.8) is 0 Å². The van der Waals surface area contributed by atoms with Crippen LogP contribution < -0.4 is 20.8 Å². The van der Waals surface area contributed by atoms with E-state index >= 15 is 0 Å². The van der Waals surface area contributed by atoms with Crippen LogP contribution in [0.1, 0.15) is 24.8 Å². The molecule has 2 aliphatic rings. The predicted molar refractivity (Wildman–Crippen MR) is 123 cm³/mol. The first kappa shape index (κ1) is 23.6. The minimum Gasteiger partial charge on any atom is -0.494 e. The Morgan fingerprint density at radius 2 is 1.85 bits per heavy atom. The molecule has 2 amide bonds. The van der Waals surface area contributed by atoms with Gasteiger partial charge in [0.25, 0.3) is 5.91 Å². The molecule has 1 unspecified atom stereocenters. The van der Waals surface area contributed by atoms with Gasteiger partial charge >= 0.3 is 0 Å². The van der Waals surface area contributed by atoms with Gasteiger partial charge in [0.05, 0.1) is 12.8 Å². The molecule has 34 heavy (non-hydrogen) atoms. The number of halogens is 2. The molecule has 8 nitrogen and oxygen atoms in total. The summed E-state index contributed by atoms with van der Waals surface area (Å²) in [5.74, 6) is -1.53. The first-order valence-corrected chi connectivity index (χ1v) is 11.1. The van der Waals surface area contributed by atoms with E-state index in [9.17, 15) is 18.4 Å². The summed E-state index contributed by atoms with van der Waals surface area (Å²) in [5, 5.41) is 8.67. The van der Waals surface area contributed by atoms with Crippen LogP contribution in [0.3, 0.4) is 0 Å². The Labute approximate surface area is 196 Å². The van der Waals surface area contributed by atoms with Crippen molar-refractivity contribution in [2.24, 2.45) is 10.8 Å². The van der Waals surface area contributed by atoms with Crippen molar-refractivity contribution in [1.82, 2.24) is 10.2 Å². The van der Waals surface area contributed by atoms with Crippen LogP contribution in [-0.4, -0.2) is 54.7 Å². The van der Waals surface area contributed by atoms with E-state index in [1.54, 1.807) is 6.07 Å². The molecule has 3 N–H and O–H groups in total. The number of carbonyl (C=O) groups is 2. The molecular formula is C24H27F2N5O3. The van der Waals surface area contributed by atoms with Crippen LogP contribution in [0.15, 0.2) is 47.6 Å². The molecule has 2 aromatic rings. The zero-order chi connectivity index (χ0) is 24.2. The van der Waals surface area contributed by atoms with Crippen LogP contribution in [0.5, 0.6) is 5.75 Å². The summed E-state index contributed by atoms with van der Waals surface area (Å²) in [4.78, 5) is 27.0. The number of likely N-dealkylation sites (tertiary alicyclic amines) is 1. The molecule has 0 saturated carbocycles. The van der Waals surface area contributed by atoms with Gasteiger partial charge in [0, 0.05) is 32.1 Å². The molecule has 1 fully saturated rings. The number of nitrogens with one attached hydrogen (secondary N) is 1. The number of hydrogen-bond donors (Lipinski definition) is 2. The van der Waals surface area contributed by atoms with Gasteiger partial charge in [-0.25, -0.2) is 8.78 Å². The molecule has 1 atom stereocenters. The van der Waals surface area contributed by atoms with E-state index in [0.29, 0.717) is 12.2 Å². The Balaban J connectivity index is 1.32. The Morgan fingerprint density at radius 3 is 2.47 bits per heavy atom. The van der Waals surface area contributed by atoms with Crippen LogP contribution in [0.2, 0.25) is 0 Å². The summed E-state index contributed by atoms with van der Waals surface area (Å²) >= 11 is 0. The Bertz CT molecular complexity index is 1080. The highest BCUT2D eigenvalue weighted by atomic mass is 19.1. The molecule has 0 aromatic heterocycles. The number of ether oxygens (including phenoxy) is 1. The highest BCUT2D eigenvalue weighted by molar-refractivity contribution is 6.40. The first-order valence-electron chi connectivity index (χ1n) is 11.1. The summed E-state index contributed by atoms with van der Waals surface area (Å²) < 4.78 is 32.2. The van der Waals surface area contributed by atoms with E-state index in [-0.39, 0.29) is 35.6 Å². The third kappa shape index (κ3) is 5.33. The number of carbonyl (C=O) groups excluding carboxylic acids is 2. The van der Waals surface area contributed by atoms with Crippen molar-refractivity contribution in [3.05, 3.63) is 59.7 Å². The quantitative estimate of drug-likeness (QED) is 0.645. The third-order valence-corrected chi connectivity index (χ3v) is 6.14. The van der Waals surface area contributed by atoms with Crippen molar-refractivity contribution in [3.8, 4) is 5.75 Å². The summed E-state index contributed by atoms with van der Waals surface area (Å²) in [7, 11) is 1.43. The number of amides is 2. The number of rotatable bonds is 7. The molecule has 0 aliphatic carbocycles. The van der Waals surface area contributed by atoms with Crippen molar-refractivity contribution >= 4 is 23.2 Å². The molecule has 2 heterocycles. The number of hydrogen-bond acceptors (Lipinski definition) is 6. The van der Waals surface area contributed by atoms with Gasteiger partial charge in [0.15, 0.2) is 11.6 Å². The van der Waals surface area contributed by atoms with Gasteiger partial charge in [0.1, 0.15) is 17.6 Å². The fraction of sp³-hybridized carbons (Fsp3) is 0.375. The largest absolute Gasteiger partial charge is 0.494 e. The lowest BCUT2D eigenvalue weighted by Gasteiger charge is -2.32. The van der Waals surface area contributed by atoms with Gasteiger partial charge in [-0.2, -0.15) is 5.10 Å². The van der Waals surface area contributed by atoms with Gasteiger partial charge in [-0.3, -0.25) is 19.5 Å². The average molecular weight is 472 g/mol. The van der Waals surface area contributed by atoms with Crippen molar-refractivity contribution in [2.75, 3.05) is 25.2 Å². The van der Waals surface area contributed by atoms with Crippen LogP contribution in [-0.2, 0) is 16.1 Å². The molecule has 4 rings (SSSR count). The van der Waals surface area contributed by atoms with Crippen molar-refractivity contribution < 1.29 is 23.1 Å². The van der Waals surface area contributed by atoms with Crippen molar-refractivity contribution in [1.29, 1.82) is 0 Å². The minimum absolute atomic E-state index is 0.0362. The summed E-state index contributed by atoms with van der Waals surface area (Å²) in [5.41, 5.74) is 7.07. The molecule has 0 bridgehead atoms. The number of nitrogens with two attached hydrogens (primary N) is 1. The zero-order valence-electron chi connectivity index (χ0n) is 18.8. The SMILES string of the molecule is COc1ccc(CN2CCC(NC(=O)C3=NN(c4ccc(F)cc4)C(C(N)=O)C3)CC2)cc1F. The number of benzene rings is 2. The Morgan fingerprint density at radius 1 is 1.15 bits per heavy atom. The van der Waals surface area contributed by atoms with E-state index in [1.165, 1.54) is 42.5 Å². The van der Waals surface area contributed by atoms with Crippen molar-refractivity contribution in [2.45, 2.75) is 37.9 Å². The predicted octanol–water partition coefficient (Wildman–Crippen LogP) is 2.17. The van der Waals surface area contributed by atoms with Crippen LogP contribution >= 0.6 is 0 Å². The van der Waals surface area contributed by atoms with Gasteiger partial charge in [-0.1, -0.05) is 6.07 Å². The topological polar surface area (TPSA) is 100 Å². The molecule has 10 heteroatoms. The monoisotopic (exact) mass is 471 g/mol. The number of methoxy groups -OCH3 is 1. The van der Waals surface area contributed by atoms with Crippen LogP contribution in [0.4, 0.5) is 14.5 Å².